The zero-order valence-electron chi connectivity index (χ0n) is 11.0. The third-order valence-electron chi connectivity index (χ3n) is 2.64. The number of ether oxygens (including phenoxy) is 1. The molecular formula is C13H13BrN2O4. The standard InChI is InChI=1S/C13H13BrN2O4/c1-3-10-15-11(20-16-10)6-19-12-7(2)4-8(14)5-9(12)13(17)18/h4-5H,3,6H2,1-2H3,(H,17,18). The van der Waals surface area contributed by atoms with Gasteiger partial charge in [-0.1, -0.05) is 28.0 Å². The maximum Gasteiger partial charge on any atom is 0.339 e. The highest BCUT2D eigenvalue weighted by Crippen LogP contribution is 2.28. The molecule has 0 bridgehead atoms. The number of carboxylic acid groups (broad SMARTS) is 1. The lowest BCUT2D eigenvalue weighted by molar-refractivity contribution is 0.0690. The summed E-state index contributed by atoms with van der Waals surface area (Å²) in [5.74, 6) is 0.163. The Balaban J connectivity index is 2.22. The third-order valence-corrected chi connectivity index (χ3v) is 3.09. The van der Waals surface area contributed by atoms with E-state index >= 15 is 0 Å². The number of hydrogen-bond acceptors (Lipinski definition) is 5. The van der Waals surface area contributed by atoms with Gasteiger partial charge in [0.05, 0.1) is 0 Å². The summed E-state index contributed by atoms with van der Waals surface area (Å²) in [5, 5.41) is 13.0. The molecule has 0 amide bonds. The molecule has 0 atom stereocenters. The largest absolute Gasteiger partial charge is 0.483 e. The summed E-state index contributed by atoms with van der Waals surface area (Å²) < 4.78 is 11.2. The highest BCUT2D eigenvalue weighted by molar-refractivity contribution is 9.10. The number of aromatic nitrogens is 2. The molecule has 2 rings (SSSR count). The van der Waals surface area contributed by atoms with Crippen LogP contribution in [0.2, 0.25) is 0 Å². The molecule has 0 aliphatic rings. The van der Waals surface area contributed by atoms with Crippen molar-refractivity contribution in [1.29, 1.82) is 0 Å². The van der Waals surface area contributed by atoms with Crippen molar-refractivity contribution in [2.75, 3.05) is 0 Å². The van der Waals surface area contributed by atoms with Gasteiger partial charge in [-0.15, -0.1) is 0 Å². The average Bonchev–Trinajstić information content (AvgIpc) is 2.84. The molecule has 0 fully saturated rings. The fraction of sp³-hybridized carbons (Fsp3) is 0.308. The van der Waals surface area contributed by atoms with Gasteiger partial charge in [0.15, 0.2) is 12.4 Å². The number of hydrogen-bond donors (Lipinski definition) is 1. The highest BCUT2D eigenvalue weighted by atomic mass is 79.9. The Morgan fingerprint density at radius 2 is 2.25 bits per heavy atom. The minimum absolute atomic E-state index is 0.0375. The summed E-state index contributed by atoms with van der Waals surface area (Å²) in [4.78, 5) is 15.3. The van der Waals surface area contributed by atoms with Gasteiger partial charge >= 0.3 is 5.97 Å². The molecule has 6 nitrogen and oxygen atoms in total. The first-order valence-electron chi connectivity index (χ1n) is 5.99. The van der Waals surface area contributed by atoms with Gasteiger partial charge in [-0.3, -0.25) is 0 Å². The van der Waals surface area contributed by atoms with Crippen LogP contribution in [0.3, 0.4) is 0 Å². The van der Waals surface area contributed by atoms with E-state index in [1.54, 1.807) is 13.0 Å². The fourth-order valence-electron chi connectivity index (χ4n) is 1.71. The predicted octanol–water partition coefficient (Wildman–Crippen LogP) is 2.98. The van der Waals surface area contributed by atoms with Crippen molar-refractivity contribution in [3.05, 3.63) is 39.4 Å². The van der Waals surface area contributed by atoms with Crippen molar-refractivity contribution in [2.45, 2.75) is 26.9 Å². The topological polar surface area (TPSA) is 85.5 Å². The normalized spacial score (nSPS) is 10.6. The van der Waals surface area contributed by atoms with Crippen LogP contribution >= 0.6 is 15.9 Å². The van der Waals surface area contributed by atoms with Crippen LogP contribution in [-0.2, 0) is 13.0 Å². The van der Waals surface area contributed by atoms with Gasteiger partial charge in [0, 0.05) is 10.9 Å². The lowest BCUT2D eigenvalue weighted by Crippen LogP contribution is -2.05. The Labute approximate surface area is 123 Å². The maximum atomic E-state index is 11.2. The smallest absolute Gasteiger partial charge is 0.339 e. The second-order valence-corrected chi connectivity index (χ2v) is 5.07. The first-order valence-corrected chi connectivity index (χ1v) is 6.78. The zero-order valence-corrected chi connectivity index (χ0v) is 12.6. The Kier molecular flexibility index (Phi) is 4.39. The highest BCUT2D eigenvalue weighted by Gasteiger charge is 2.16. The summed E-state index contributed by atoms with van der Waals surface area (Å²) in [6.07, 6.45) is 0.668. The van der Waals surface area contributed by atoms with Gasteiger partial charge in [0.25, 0.3) is 5.89 Å². The van der Waals surface area contributed by atoms with E-state index in [2.05, 4.69) is 26.1 Å². The first kappa shape index (κ1) is 14.5. The van der Waals surface area contributed by atoms with E-state index in [1.807, 2.05) is 6.92 Å². The van der Waals surface area contributed by atoms with Gasteiger partial charge in [-0.2, -0.15) is 4.98 Å². The maximum absolute atomic E-state index is 11.2. The van der Waals surface area contributed by atoms with Crippen molar-refractivity contribution in [3.8, 4) is 5.75 Å². The van der Waals surface area contributed by atoms with E-state index in [9.17, 15) is 9.90 Å². The molecule has 20 heavy (non-hydrogen) atoms. The SMILES string of the molecule is CCc1noc(COc2c(C)cc(Br)cc2C(=O)O)n1. The van der Waals surface area contributed by atoms with Gasteiger partial charge in [0.2, 0.25) is 0 Å². The molecule has 0 spiro atoms. The second kappa shape index (κ2) is 6.04. The molecule has 0 aliphatic heterocycles. The number of halogens is 1. The minimum Gasteiger partial charge on any atom is -0.483 e. The van der Waals surface area contributed by atoms with Crippen molar-refractivity contribution < 1.29 is 19.2 Å². The van der Waals surface area contributed by atoms with Crippen molar-refractivity contribution in [3.63, 3.8) is 0 Å². The molecule has 0 radical (unpaired) electrons. The molecule has 1 N–H and O–H groups in total. The average molecular weight is 341 g/mol. The van der Waals surface area contributed by atoms with E-state index in [0.717, 1.165) is 0 Å². The molecule has 2 aromatic rings. The van der Waals surface area contributed by atoms with Crippen LogP contribution in [0.4, 0.5) is 0 Å². The summed E-state index contributed by atoms with van der Waals surface area (Å²) >= 11 is 3.26. The van der Waals surface area contributed by atoms with Crippen molar-refractivity contribution in [1.82, 2.24) is 10.1 Å². The first-order chi connectivity index (χ1) is 9.51. The van der Waals surface area contributed by atoms with E-state index in [-0.39, 0.29) is 12.2 Å². The van der Waals surface area contributed by atoms with Crippen LogP contribution in [0.5, 0.6) is 5.75 Å². The van der Waals surface area contributed by atoms with Crippen LogP contribution in [0.1, 0.15) is 34.6 Å². The Hall–Kier alpha value is -1.89. The Bertz CT molecular complexity index is 639. The molecular weight excluding hydrogens is 328 g/mol. The predicted molar refractivity (Wildman–Crippen MR) is 73.8 cm³/mol. The summed E-state index contributed by atoms with van der Waals surface area (Å²) in [5.41, 5.74) is 0.805. The number of benzene rings is 1. The Morgan fingerprint density at radius 1 is 1.50 bits per heavy atom. The Morgan fingerprint density at radius 3 is 2.85 bits per heavy atom. The molecule has 106 valence electrons. The number of nitrogens with zero attached hydrogens (tertiary/aromatic N) is 2. The van der Waals surface area contributed by atoms with E-state index in [4.69, 9.17) is 9.26 Å². The lowest BCUT2D eigenvalue weighted by Gasteiger charge is -2.11. The van der Waals surface area contributed by atoms with Crippen LogP contribution < -0.4 is 4.74 Å². The van der Waals surface area contributed by atoms with Gasteiger partial charge in [-0.25, -0.2) is 4.79 Å². The van der Waals surface area contributed by atoms with Crippen LogP contribution in [0.25, 0.3) is 0 Å². The number of carbonyl (C=O) groups is 1. The molecule has 0 unspecified atom stereocenters. The molecule has 7 heteroatoms. The van der Waals surface area contributed by atoms with E-state index in [0.29, 0.717) is 33.9 Å². The van der Waals surface area contributed by atoms with Crippen molar-refractivity contribution in [2.24, 2.45) is 0 Å². The summed E-state index contributed by atoms with van der Waals surface area (Å²) in [6.45, 7) is 3.73. The molecule has 1 aromatic heterocycles. The van der Waals surface area contributed by atoms with Crippen LogP contribution in [0, 0.1) is 6.92 Å². The molecule has 1 aromatic carbocycles. The minimum atomic E-state index is -1.05. The second-order valence-electron chi connectivity index (χ2n) is 4.15. The molecule has 1 heterocycles. The van der Waals surface area contributed by atoms with Crippen LogP contribution in [-0.4, -0.2) is 21.2 Å². The quantitative estimate of drug-likeness (QED) is 0.900. The van der Waals surface area contributed by atoms with Gasteiger partial charge in [0.1, 0.15) is 11.3 Å². The summed E-state index contributed by atoms with van der Waals surface area (Å²) in [6, 6.07) is 3.28. The zero-order chi connectivity index (χ0) is 14.7. The van der Waals surface area contributed by atoms with E-state index < -0.39 is 5.97 Å². The number of aryl methyl sites for hydroxylation is 2. The van der Waals surface area contributed by atoms with Crippen molar-refractivity contribution >= 4 is 21.9 Å². The number of rotatable bonds is 5. The monoisotopic (exact) mass is 340 g/mol. The summed E-state index contributed by atoms with van der Waals surface area (Å²) in [7, 11) is 0. The van der Waals surface area contributed by atoms with Gasteiger partial charge < -0.3 is 14.4 Å². The van der Waals surface area contributed by atoms with E-state index in [1.165, 1.54) is 6.07 Å². The lowest BCUT2D eigenvalue weighted by atomic mass is 10.1. The molecule has 0 saturated carbocycles. The third kappa shape index (κ3) is 3.16. The van der Waals surface area contributed by atoms with Gasteiger partial charge in [-0.05, 0) is 24.6 Å². The van der Waals surface area contributed by atoms with Crippen LogP contribution in [0.15, 0.2) is 21.1 Å². The molecule has 0 saturated heterocycles. The number of aromatic carboxylic acids is 1. The number of carboxylic acids is 1. The molecule has 0 aliphatic carbocycles. The fourth-order valence-corrected chi connectivity index (χ4v) is 2.28.